The molecule has 1 rings (SSSR count). The van der Waals surface area contributed by atoms with Crippen molar-refractivity contribution >= 4 is 11.7 Å². The molecule has 0 atom stereocenters. The molecule has 0 radical (unpaired) electrons. The van der Waals surface area contributed by atoms with Gasteiger partial charge in [0.2, 0.25) is 0 Å². The molecule has 1 aromatic rings. The van der Waals surface area contributed by atoms with Gasteiger partial charge in [0.1, 0.15) is 0 Å². The summed E-state index contributed by atoms with van der Waals surface area (Å²) in [5, 5.41) is 0. The van der Waals surface area contributed by atoms with Crippen LogP contribution in [0.25, 0.3) is 0 Å². The Labute approximate surface area is 100 Å². The Bertz CT molecular complexity index is 390. The van der Waals surface area contributed by atoms with E-state index in [9.17, 15) is 4.79 Å². The van der Waals surface area contributed by atoms with E-state index >= 15 is 0 Å². The van der Waals surface area contributed by atoms with Crippen LogP contribution in [0.3, 0.4) is 0 Å². The number of ether oxygens (including phenoxy) is 3. The second kappa shape index (κ2) is 5.98. The Morgan fingerprint density at radius 2 is 2.06 bits per heavy atom. The molecular formula is C12H17NO4. The van der Waals surface area contributed by atoms with Gasteiger partial charge < -0.3 is 19.9 Å². The predicted octanol–water partition coefficient (Wildman–Crippen LogP) is 1.61. The molecule has 2 N–H and O–H groups in total. The third-order valence-corrected chi connectivity index (χ3v) is 1.90. The molecule has 0 bridgehead atoms. The zero-order chi connectivity index (χ0) is 12.8. The lowest BCUT2D eigenvalue weighted by atomic mass is 10.3. The van der Waals surface area contributed by atoms with Crippen molar-refractivity contribution in [2.24, 2.45) is 0 Å². The fourth-order valence-corrected chi connectivity index (χ4v) is 1.24. The first kappa shape index (κ1) is 13.2. The van der Waals surface area contributed by atoms with Gasteiger partial charge in [0.15, 0.2) is 18.1 Å². The molecule has 0 spiro atoms. The molecule has 0 amide bonds. The molecule has 1 aromatic carbocycles. The van der Waals surface area contributed by atoms with Gasteiger partial charge in [0.25, 0.3) is 0 Å². The molecule has 0 saturated heterocycles. The van der Waals surface area contributed by atoms with Crippen LogP contribution in [0.15, 0.2) is 18.2 Å². The Morgan fingerprint density at radius 3 is 2.65 bits per heavy atom. The number of carbonyl (C=O) groups excluding carboxylic acids is 1. The van der Waals surface area contributed by atoms with Gasteiger partial charge in [-0.2, -0.15) is 0 Å². The van der Waals surface area contributed by atoms with E-state index < -0.39 is 5.97 Å². The van der Waals surface area contributed by atoms with E-state index in [-0.39, 0.29) is 12.7 Å². The Hall–Kier alpha value is -1.91. The number of benzene rings is 1. The number of anilines is 1. The van der Waals surface area contributed by atoms with Gasteiger partial charge in [0.05, 0.1) is 13.2 Å². The lowest BCUT2D eigenvalue weighted by molar-refractivity contribution is -0.149. The van der Waals surface area contributed by atoms with Crippen LogP contribution in [0.5, 0.6) is 11.5 Å². The molecule has 0 heterocycles. The summed E-state index contributed by atoms with van der Waals surface area (Å²) in [6.45, 7) is 3.38. The first-order valence-corrected chi connectivity index (χ1v) is 5.28. The van der Waals surface area contributed by atoms with Crippen molar-refractivity contribution in [2.75, 3.05) is 19.5 Å². The van der Waals surface area contributed by atoms with Gasteiger partial charge >= 0.3 is 5.97 Å². The highest BCUT2D eigenvalue weighted by atomic mass is 16.6. The quantitative estimate of drug-likeness (QED) is 0.624. The van der Waals surface area contributed by atoms with Gasteiger partial charge in [-0.15, -0.1) is 0 Å². The zero-order valence-electron chi connectivity index (χ0n) is 10.2. The summed E-state index contributed by atoms with van der Waals surface area (Å²) in [5.41, 5.74) is 6.16. The Morgan fingerprint density at radius 1 is 1.35 bits per heavy atom. The number of hydrogen-bond donors (Lipinski definition) is 1. The van der Waals surface area contributed by atoms with Gasteiger partial charge in [-0.05, 0) is 26.0 Å². The third kappa shape index (κ3) is 4.22. The molecule has 0 aromatic heterocycles. The fraction of sp³-hybridized carbons (Fsp3) is 0.417. The smallest absolute Gasteiger partial charge is 0.344 e. The predicted molar refractivity (Wildman–Crippen MR) is 64.1 cm³/mol. The summed E-state index contributed by atoms with van der Waals surface area (Å²) < 4.78 is 15.3. The summed E-state index contributed by atoms with van der Waals surface area (Å²) in [6, 6.07) is 4.97. The second-order valence-corrected chi connectivity index (χ2v) is 3.74. The summed E-state index contributed by atoms with van der Waals surface area (Å²) >= 11 is 0. The molecule has 0 aliphatic rings. The van der Waals surface area contributed by atoms with Crippen molar-refractivity contribution < 1.29 is 19.0 Å². The van der Waals surface area contributed by atoms with E-state index in [0.717, 1.165) is 0 Å². The molecule has 0 fully saturated rings. The molecule has 94 valence electrons. The van der Waals surface area contributed by atoms with Gasteiger partial charge in [0, 0.05) is 11.8 Å². The van der Waals surface area contributed by atoms with E-state index in [4.69, 9.17) is 19.9 Å². The van der Waals surface area contributed by atoms with Crippen molar-refractivity contribution in [1.29, 1.82) is 0 Å². The Balaban J connectivity index is 2.62. The van der Waals surface area contributed by atoms with Crippen molar-refractivity contribution in [2.45, 2.75) is 20.0 Å². The largest absolute Gasteiger partial charge is 0.493 e. The number of esters is 1. The molecule has 17 heavy (non-hydrogen) atoms. The van der Waals surface area contributed by atoms with Gasteiger partial charge in [-0.25, -0.2) is 4.79 Å². The van der Waals surface area contributed by atoms with E-state index in [1.54, 1.807) is 32.0 Å². The maximum atomic E-state index is 11.3. The minimum atomic E-state index is -0.426. The second-order valence-electron chi connectivity index (χ2n) is 3.74. The van der Waals surface area contributed by atoms with E-state index in [0.29, 0.717) is 17.2 Å². The number of methoxy groups -OCH3 is 1. The number of hydrogen-bond acceptors (Lipinski definition) is 5. The number of nitrogen functional groups attached to an aromatic ring is 1. The molecular weight excluding hydrogens is 222 g/mol. The van der Waals surface area contributed by atoms with E-state index in [2.05, 4.69) is 0 Å². The summed E-state index contributed by atoms with van der Waals surface area (Å²) in [4.78, 5) is 11.3. The summed E-state index contributed by atoms with van der Waals surface area (Å²) in [7, 11) is 1.52. The minimum Gasteiger partial charge on any atom is -0.493 e. The average molecular weight is 239 g/mol. The van der Waals surface area contributed by atoms with Crippen LogP contribution < -0.4 is 15.2 Å². The van der Waals surface area contributed by atoms with Crippen molar-refractivity contribution in [3.8, 4) is 11.5 Å². The van der Waals surface area contributed by atoms with Crippen LogP contribution in [0.1, 0.15) is 13.8 Å². The lowest BCUT2D eigenvalue weighted by Crippen LogP contribution is -2.18. The standard InChI is InChI=1S/C12H17NO4/c1-8(2)17-12(14)7-16-11-6-9(13)4-5-10(11)15-3/h4-6,8H,7,13H2,1-3H3. The number of rotatable bonds is 5. The highest BCUT2D eigenvalue weighted by Gasteiger charge is 2.10. The van der Waals surface area contributed by atoms with E-state index in [1.807, 2.05) is 0 Å². The first-order chi connectivity index (χ1) is 8.02. The maximum absolute atomic E-state index is 11.3. The topological polar surface area (TPSA) is 70.8 Å². The van der Waals surface area contributed by atoms with Crippen LogP contribution in [-0.4, -0.2) is 25.8 Å². The van der Waals surface area contributed by atoms with Crippen LogP contribution in [0, 0.1) is 0 Å². The number of nitrogens with two attached hydrogens (primary N) is 1. The van der Waals surface area contributed by atoms with Crippen molar-refractivity contribution in [3.63, 3.8) is 0 Å². The first-order valence-electron chi connectivity index (χ1n) is 5.28. The fourth-order valence-electron chi connectivity index (χ4n) is 1.24. The summed E-state index contributed by atoms with van der Waals surface area (Å²) in [5.74, 6) is 0.522. The third-order valence-electron chi connectivity index (χ3n) is 1.90. The molecule has 5 heteroatoms. The normalized spacial score (nSPS) is 10.1. The highest BCUT2D eigenvalue weighted by Crippen LogP contribution is 2.28. The molecule has 0 aliphatic carbocycles. The van der Waals surface area contributed by atoms with Gasteiger partial charge in [-0.1, -0.05) is 0 Å². The maximum Gasteiger partial charge on any atom is 0.344 e. The van der Waals surface area contributed by atoms with Gasteiger partial charge in [-0.3, -0.25) is 0 Å². The minimum absolute atomic E-state index is 0.158. The number of carbonyl (C=O) groups is 1. The molecule has 0 saturated carbocycles. The highest BCUT2D eigenvalue weighted by molar-refractivity contribution is 5.71. The lowest BCUT2D eigenvalue weighted by Gasteiger charge is -2.12. The van der Waals surface area contributed by atoms with Crippen LogP contribution in [-0.2, 0) is 9.53 Å². The van der Waals surface area contributed by atoms with Crippen LogP contribution >= 0.6 is 0 Å². The van der Waals surface area contributed by atoms with Crippen molar-refractivity contribution in [1.82, 2.24) is 0 Å². The van der Waals surface area contributed by atoms with Crippen LogP contribution in [0.4, 0.5) is 5.69 Å². The summed E-state index contributed by atoms with van der Waals surface area (Å²) in [6.07, 6.45) is -0.158. The van der Waals surface area contributed by atoms with E-state index in [1.165, 1.54) is 7.11 Å². The van der Waals surface area contributed by atoms with Crippen molar-refractivity contribution in [3.05, 3.63) is 18.2 Å². The monoisotopic (exact) mass is 239 g/mol. The molecule has 0 unspecified atom stereocenters. The molecule has 5 nitrogen and oxygen atoms in total. The Kier molecular flexibility index (Phi) is 4.63. The average Bonchev–Trinajstić information content (AvgIpc) is 2.25. The van der Waals surface area contributed by atoms with Crippen LogP contribution in [0.2, 0.25) is 0 Å². The molecule has 0 aliphatic heterocycles. The SMILES string of the molecule is COc1ccc(N)cc1OCC(=O)OC(C)C. The zero-order valence-corrected chi connectivity index (χ0v) is 10.2.